The van der Waals surface area contributed by atoms with Crippen molar-refractivity contribution in [2.45, 2.75) is 44.2 Å². The maximum absolute atomic E-state index is 13.0. The van der Waals surface area contributed by atoms with Crippen molar-refractivity contribution in [3.8, 4) is 22.9 Å². The maximum Gasteiger partial charge on any atom is 0.262 e. The van der Waals surface area contributed by atoms with Gasteiger partial charge in [0.1, 0.15) is 22.7 Å². The lowest BCUT2D eigenvalue weighted by atomic mass is 9.87. The molecular weight excluding hydrogens is 608 g/mol. The lowest BCUT2D eigenvalue weighted by molar-refractivity contribution is -0.134. The van der Waals surface area contributed by atoms with Crippen LogP contribution in [0.2, 0.25) is 0 Å². The fraction of sp³-hybridized carbons (Fsp3) is 0.405. The van der Waals surface area contributed by atoms with Gasteiger partial charge < -0.3 is 19.4 Å². The number of aromatic amines is 1. The first-order valence-corrected chi connectivity index (χ1v) is 16.8. The molecule has 1 aromatic heterocycles. The number of fused-ring (bicyclic) bond motifs is 1. The summed E-state index contributed by atoms with van der Waals surface area (Å²) in [7, 11) is 3.10. The maximum atomic E-state index is 13.0. The molecule has 0 aliphatic carbocycles. The van der Waals surface area contributed by atoms with Crippen LogP contribution in [0.4, 0.5) is 5.69 Å². The molecule has 4 heterocycles. The van der Waals surface area contributed by atoms with Crippen LogP contribution in [-0.2, 0) is 16.1 Å². The van der Waals surface area contributed by atoms with Gasteiger partial charge in [-0.05, 0) is 54.7 Å². The quantitative estimate of drug-likeness (QED) is 0.274. The number of piperidine rings is 2. The molecule has 2 N–H and O–H groups in total. The zero-order valence-electron chi connectivity index (χ0n) is 27.5. The van der Waals surface area contributed by atoms with E-state index in [2.05, 4.69) is 43.2 Å². The fourth-order valence-corrected chi connectivity index (χ4v) is 7.48. The Bertz CT molecular complexity index is 1860. The third-order valence-corrected chi connectivity index (χ3v) is 10.2. The number of carbonyl (C=O) groups excluding carboxylic acids is 2. The standard InChI is InChI=1S/C37H42N6O5/c1-47-28-21-31-34(32(22-28)48-2)37(46)40-35(38-31)24-7-9-26(10-8-24)42-15-13-27(14-16-42)43-19-17-41(18-20-43)23-25-5-3-4-6-29(25)30-11-12-33(44)39-36(30)45/h3-10,21-22,27,30H,11-20,23H2,1-2H3,(H,38,40,46)(H,39,44,45). The Kier molecular flexibility index (Phi) is 9.14. The molecule has 4 aromatic rings. The first kappa shape index (κ1) is 31.8. The molecule has 11 nitrogen and oxygen atoms in total. The number of nitrogens with zero attached hydrogens (tertiary/aromatic N) is 4. The molecule has 3 aromatic carbocycles. The van der Waals surface area contributed by atoms with Crippen molar-refractivity contribution in [3.63, 3.8) is 0 Å². The lowest BCUT2D eigenvalue weighted by Gasteiger charge is -2.43. The molecule has 7 rings (SSSR count). The largest absolute Gasteiger partial charge is 0.497 e. The molecule has 3 fully saturated rings. The SMILES string of the molecule is COc1cc(OC)c2c(=O)[nH]c(-c3ccc(N4CCC(N5CCN(Cc6ccccc6C6CCC(=O)NC6=O)CC5)CC4)cc3)nc2c1. The monoisotopic (exact) mass is 650 g/mol. The highest BCUT2D eigenvalue weighted by Crippen LogP contribution is 2.31. The molecule has 11 heteroatoms. The number of ether oxygens (including phenoxy) is 2. The van der Waals surface area contributed by atoms with Gasteiger partial charge in [0.05, 0.1) is 25.7 Å². The first-order chi connectivity index (χ1) is 23.4. The predicted molar refractivity (Wildman–Crippen MR) is 185 cm³/mol. The molecule has 0 radical (unpaired) electrons. The van der Waals surface area contributed by atoms with Crippen molar-refractivity contribution in [3.05, 3.63) is 82.1 Å². The van der Waals surface area contributed by atoms with E-state index in [1.54, 1.807) is 19.2 Å². The molecule has 0 bridgehead atoms. The highest BCUT2D eigenvalue weighted by molar-refractivity contribution is 6.01. The number of H-pyrrole nitrogens is 1. The highest BCUT2D eigenvalue weighted by Gasteiger charge is 2.31. The van der Waals surface area contributed by atoms with Gasteiger partial charge >= 0.3 is 0 Å². The normalized spacial score (nSPS) is 19.8. The number of amides is 2. The van der Waals surface area contributed by atoms with E-state index >= 15 is 0 Å². The minimum absolute atomic E-state index is 0.174. The molecule has 250 valence electrons. The first-order valence-electron chi connectivity index (χ1n) is 16.8. The number of aromatic nitrogens is 2. The van der Waals surface area contributed by atoms with Crippen LogP contribution in [0, 0.1) is 0 Å². The van der Waals surface area contributed by atoms with Gasteiger partial charge in [-0.3, -0.25) is 29.5 Å². The number of rotatable bonds is 8. The zero-order valence-corrected chi connectivity index (χ0v) is 27.5. The third kappa shape index (κ3) is 6.52. The second-order valence-corrected chi connectivity index (χ2v) is 12.9. The molecule has 3 aliphatic heterocycles. The Labute approximate surface area is 279 Å². The third-order valence-electron chi connectivity index (χ3n) is 10.2. The van der Waals surface area contributed by atoms with Crippen molar-refractivity contribution in [1.82, 2.24) is 25.1 Å². The van der Waals surface area contributed by atoms with Crippen LogP contribution in [0.25, 0.3) is 22.3 Å². The van der Waals surface area contributed by atoms with Crippen LogP contribution < -0.4 is 25.2 Å². The van der Waals surface area contributed by atoms with E-state index < -0.39 is 0 Å². The van der Waals surface area contributed by atoms with Gasteiger partial charge in [0.25, 0.3) is 5.56 Å². The highest BCUT2D eigenvalue weighted by atomic mass is 16.5. The average Bonchev–Trinajstić information content (AvgIpc) is 3.12. The minimum Gasteiger partial charge on any atom is -0.497 e. The summed E-state index contributed by atoms with van der Waals surface area (Å²) >= 11 is 0. The smallest absolute Gasteiger partial charge is 0.262 e. The molecule has 2 amide bonds. The van der Waals surface area contributed by atoms with E-state index in [9.17, 15) is 14.4 Å². The fourth-order valence-electron chi connectivity index (χ4n) is 7.48. The van der Waals surface area contributed by atoms with Gasteiger partial charge in [0, 0.05) is 81.7 Å². The average molecular weight is 651 g/mol. The van der Waals surface area contributed by atoms with Gasteiger partial charge in [-0.15, -0.1) is 0 Å². The Balaban J connectivity index is 0.933. The summed E-state index contributed by atoms with van der Waals surface area (Å²) in [4.78, 5) is 52.4. The predicted octanol–water partition coefficient (Wildman–Crippen LogP) is 3.91. The zero-order chi connectivity index (χ0) is 33.2. The molecule has 1 atom stereocenters. The Morgan fingerprint density at radius 1 is 0.854 bits per heavy atom. The van der Waals surface area contributed by atoms with Gasteiger partial charge in [0.2, 0.25) is 11.8 Å². The molecule has 48 heavy (non-hydrogen) atoms. The van der Waals surface area contributed by atoms with Crippen LogP contribution >= 0.6 is 0 Å². The topological polar surface area (TPSA) is 120 Å². The molecular formula is C37H42N6O5. The van der Waals surface area contributed by atoms with E-state index in [-0.39, 0.29) is 23.3 Å². The second kappa shape index (κ2) is 13.8. The number of hydrogen-bond donors (Lipinski definition) is 2. The summed E-state index contributed by atoms with van der Waals surface area (Å²) in [5, 5.41) is 2.92. The second-order valence-electron chi connectivity index (χ2n) is 12.9. The molecule has 0 saturated carbocycles. The lowest BCUT2D eigenvalue weighted by Crippen LogP contribution is -2.53. The van der Waals surface area contributed by atoms with Gasteiger partial charge in [-0.25, -0.2) is 4.98 Å². The van der Waals surface area contributed by atoms with Crippen molar-refractivity contribution < 1.29 is 19.1 Å². The summed E-state index contributed by atoms with van der Waals surface area (Å²) in [5.74, 6) is 0.911. The van der Waals surface area contributed by atoms with Crippen LogP contribution in [0.15, 0.2) is 65.5 Å². The van der Waals surface area contributed by atoms with Crippen LogP contribution in [0.5, 0.6) is 11.5 Å². The molecule has 3 aliphatic rings. The number of methoxy groups -OCH3 is 2. The van der Waals surface area contributed by atoms with Crippen molar-refractivity contribution in [1.29, 1.82) is 0 Å². The van der Waals surface area contributed by atoms with E-state index in [1.807, 2.05) is 30.3 Å². The van der Waals surface area contributed by atoms with Crippen LogP contribution in [0.1, 0.15) is 42.7 Å². The number of nitrogens with one attached hydrogen (secondary N) is 2. The molecule has 1 unspecified atom stereocenters. The van der Waals surface area contributed by atoms with E-state index in [0.29, 0.717) is 47.1 Å². The molecule has 0 spiro atoms. The Morgan fingerprint density at radius 3 is 2.31 bits per heavy atom. The summed E-state index contributed by atoms with van der Waals surface area (Å²) in [6.07, 6.45) is 3.20. The Morgan fingerprint density at radius 2 is 1.60 bits per heavy atom. The van der Waals surface area contributed by atoms with Gasteiger partial charge in [-0.2, -0.15) is 0 Å². The number of hydrogen-bond acceptors (Lipinski definition) is 9. The number of anilines is 1. The summed E-state index contributed by atoms with van der Waals surface area (Å²) in [6, 6.07) is 20.4. The number of carbonyl (C=O) groups is 2. The van der Waals surface area contributed by atoms with Crippen LogP contribution in [-0.4, -0.2) is 91.1 Å². The van der Waals surface area contributed by atoms with Gasteiger partial charge in [-0.1, -0.05) is 24.3 Å². The number of piperazine rings is 1. The minimum atomic E-state index is -0.254. The number of benzene rings is 3. The summed E-state index contributed by atoms with van der Waals surface area (Å²) < 4.78 is 10.8. The Hall–Kier alpha value is -4.74. The summed E-state index contributed by atoms with van der Waals surface area (Å²) in [6.45, 7) is 6.87. The number of imide groups is 1. The van der Waals surface area contributed by atoms with Crippen molar-refractivity contribution in [2.24, 2.45) is 0 Å². The summed E-state index contributed by atoms with van der Waals surface area (Å²) in [5.41, 5.74) is 4.51. The van der Waals surface area contributed by atoms with E-state index in [4.69, 9.17) is 14.5 Å². The van der Waals surface area contributed by atoms with Crippen molar-refractivity contribution >= 4 is 28.4 Å². The van der Waals surface area contributed by atoms with Crippen LogP contribution in [0.3, 0.4) is 0 Å². The van der Waals surface area contributed by atoms with E-state index in [1.165, 1.54) is 18.4 Å². The van der Waals surface area contributed by atoms with Gasteiger partial charge in [0.15, 0.2) is 0 Å². The van der Waals surface area contributed by atoms with Crippen molar-refractivity contribution in [2.75, 3.05) is 58.4 Å². The van der Waals surface area contributed by atoms with E-state index in [0.717, 1.165) is 69.8 Å². The molecule has 3 saturated heterocycles.